The molecule has 0 fully saturated rings. The number of aromatic nitrogens is 2. The molecule has 0 spiro atoms. The van der Waals surface area contributed by atoms with Gasteiger partial charge in [-0.2, -0.15) is 0 Å². The Morgan fingerprint density at radius 2 is 2.11 bits per heavy atom. The van der Waals surface area contributed by atoms with Crippen LogP contribution in [0.15, 0.2) is 47.5 Å². The molecule has 3 aromatic rings. The molecular formula is C15H12N2OS. The van der Waals surface area contributed by atoms with Gasteiger partial charge in [-0.15, -0.1) is 11.8 Å². The maximum absolute atomic E-state index is 5.40. The van der Waals surface area contributed by atoms with Gasteiger partial charge in [-0.3, -0.25) is 4.40 Å². The summed E-state index contributed by atoms with van der Waals surface area (Å²) < 4.78 is 7.54. The van der Waals surface area contributed by atoms with Crippen molar-refractivity contribution in [1.29, 1.82) is 0 Å². The molecule has 0 saturated carbocycles. The zero-order valence-corrected chi connectivity index (χ0v) is 11.3. The molecule has 0 atom stereocenters. The average molecular weight is 268 g/mol. The number of benzene rings is 1. The van der Waals surface area contributed by atoms with Crippen LogP contribution in [-0.2, 0) is 5.75 Å². The summed E-state index contributed by atoms with van der Waals surface area (Å²) in [5, 5.41) is 0. The van der Waals surface area contributed by atoms with Crippen molar-refractivity contribution in [1.82, 2.24) is 9.38 Å². The lowest BCUT2D eigenvalue weighted by molar-refractivity contribution is 0.417. The van der Waals surface area contributed by atoms with E-state index in [1.807, 2.05) is 23.9 Å². The highest BCUT2D eigenvalue weighted by atomic mass is 32.2. The van der Waals surface area contributed by atoms with Crippen LogP contribution < -0.4 is 4.74 Å². The van der Waals surface area contributed by atoms with Gasteiger partial charge in [0, 0.05) is 22.4 Å². The number of ether oxygens (including phenoxy) is 1. The lowest BCUT2D eigenvalue weighted by Crippen LogP contribution is -1.98. The Labute approximate surface area is 115 Å². The zero-order chi connectivity index (χ0) is 12.8. The first-order chi connectivity index (χ1) is 9.38. The van der Waals surface area contributed by atoms with Gasteiger partial charge in [0.1, 0.15) is 0 Å². The molecule has 0 radical (unpaired) electrons. The molecule has 0 aliphatic carbocycles. The van der Waals surface area contributed by atoms with E-state index in [1.165, 1.54) is 16.2 Å². The third-order valence-electron chi connectivity index (χ3n) is 3.44. The minimum Gasteiger partial charge on any atom is -0.493 e. The Kier molecular flexibility index (Phi) is 2.32. The van der Waals surface area contributed by atoms with E-state index in [-0.39, 0.29) is 0 Å². The molecule has 4 rings (SSSR count). The van der Waals surface area contributed by atoms with Crippen molar-refractivity contribution in [3.63, 3.8) is 0 Å². The van der Waals surface area contributed by atoms with E-state index in [2.05, 4.69) is 34.9 Å². The first-order valence-corrected chi connectivity index (χ1v) is 7.13. The highest BCUT2D eigenvalue weighted by Crippen LogP contribution is 2.41. The van der Waals surface area contributed by atoms with Gasteiger partial charge in [0.05, 0.1) is 18.5 Å². The van der Waals surface area contributed by atoms with Crippen LogP contribution in [0.4, 0.5) is 0 Å². The Morgan fingerprint density at radius 3 is 3.00 bits per heavy atom. The summed E-state index contributed by atoms with van der Waals surface area (Å²) >= 11 is 1.86. The molecule has 3 heterocycles. The van der Waals surface area contributed by atoms with Gasteiger partial charge in [0.15, 0.2) is 11.4 Å². The highest BCUT2D eigenvalue weighted by molar-refractivity contribution is 7.98. The Morgan fingerprint density at radius 1 is 1.21 bits per heavy atom. The van der Waals surface area contributed by atoms with Crippen LogP contribution in [0.5, 0.6) is 5.75 Å². The fraction of sp³-hybridized carbons (Fsp3) is 0.133. The molecule has 19 heavy (non-hydrogen) atoms. The predicted molar refractivity (Wildman–Crippen MR) is 76.7 cm³/mol. The molecule has 4 heteroatoms. The fourth-order valence-corrected chi connectivity index (χ4v) is 3.60. The van der Waals surface area contributed by atoms with E-state index >= 15 is 0 Å². The van der Waals surface area contributed by atoms with E-state index in [4.69, 9.17) is 9.72 Å². The quantitative estimate of drug-likeness (QED) is 0.674. The van der Waals surface area contributed by atoms with Crippen molar-refractivity contribution in [2.45, 2.75) is 10.6 Å². The number of pyridine rings is 1. The Hall–Kier alpha value is -1.94. The van der Waals surface area contributed by atoms with Gasteiger partial charge in [0.25, 0.3) is 0 Å². The number of nitrogens with zero attached hydrogens (tertiary/aromatic N) is 2. The third-order valence-corrected chi connectivity index (χ3v) is 4.52. The second-order valence-corrected chi connectivity index (χ2v) is 5.48. The number of methoxy groups -OCH3 is 1. The SMILES string of the molecule is COc1cccn2c3c(nc12)-c1ccccc1SC3. The minimum atomic E-state index is 0.819. The number of imidazole rings is 1. The number of fused-ring (bicyclic) bond motifs is 5. The standard InChI is InChI=1S/C15H12N2OS/c1-18-12-6-4-8-17-11-9-19-13-7-3-2-5-10(13)14(11)16-15(12)17/h2-8H,9H2,1H3. The largest absolute Gasteiger partial charge is 0.493 e. The van der Waals surface area contributed by atoms with Crippen LogP contribution in [0.1, 0.15) is 5.69 Å². The zero-order valence-electron chi connectivity index (χ0n) is 10.5. The summed E-state index contributed by atoms with van der Waals surface area (Å²) in [5.41, 5.74) is 4.45. The van der Waals surface area contributed by atoms with Crippen molar-refractivity contribution in [3.8, 4) is 17.0 Å². The van der Waals surface area contributed by atoms with Crippen LogP contribution in [0.3, 0.4) is 0 Å². The molecular weight excluding hydrogens is 256 g/mol. The topological polar surface area (TPSA) is 26.5 Å². The average Bonchev–Trinajstić information content (AvgIpc) is 2.86. The molecule has 2 aromatic heterocycles. The maximum Gasteiger partial charge on any atom is 0.180 e. The second-order valence-electron chi connectivity index (χ2n) is 4.46. The molecule has 1 aliphatic rings. The minimum absolute atomic E-state index is 0.819. The number of hydrogen-bond donors (Lipinski definition) is 0. The van der Waals surface area contributed by atoms with Crippen molar-refractivity contribution >= 4 is 17.4 Å². The molecule has 0 N–H and O–H groups in total. The summed E-state index contributed by atoms with van der Waals surface area (Å²) in [7, 11) is 1.69. The van der Waals surface area contributed by atoms with Crippen LogP contribution >= 0.6 is 11.8 Å². The molecule has 0 unspecified atom stereocenters. The second kappa shape index (κ2) is 4.03. The summed E-state index contributed by atoms with van der Waals surface area (Å²) in [4.78, 5) is 6.09. The van der Waals surface area contributed by atoms with Crippen molar-refractivity contribution < 1.29 is 4.74 Å². The predicted octanol–water partition coefficient (Wildman–Crippen LogP) is 3.62. The van der Waals surface area contributed by atoms with Crippen LogP contribution in [0, 0.1) is 0 Å². The summed E-state index contributed by atoms with van der Waals surface area (Å²) in [5.74, 6) is 1.76. The highest BCUT2D eigenvalue weighted by Gasteiger charge is 2.22. The lowest BCUT2D eigenvalue weighted by atomic mass is 10.1. The molecule has 1 aromatic carbocycles. The summed E-state index contributed by atoms with van der Waals surface area (Å²) in [6.07, 6.45) is 2.05. The molecule has 0 bridgehead atoms. The van der Waals surface area contributed by atoms with E-state index in [0.717, 1.165) is 22.8 Å². The lowest BCUT2D eigenvalue weighted by Gasteiger charge is -2.14. The first kappa shape index (κ1) is 10.9. The number of thioether (sulfide) groups is 1. The van der Waals surface area contributed by atoms with Gasteiger partial charge in [-0.25, -0.2) is 4.98 Å². The normalized spacial score (nSPS) is 13.1. The fourth-order valence-electron chi connectivity index (χ4n) is 2.54. The van der Waals surface area contributed by atoms with Crippen LogP contribution in [0.25, 0.3) is 16.9 Å². The van der Waals surface area contributed by atoms with E-state index < -0.39 is 0 Å². The van der Waals surface area contributed by atoms with Crippen molar-refractivity contribution in [2.75, 3.05) is 7.11 Å². The van der Waals surface area contributed by atoms with Gasteiger partial charge >= 0.3 is 0 Å². The molecule has 0 amide bonds. The van der Waals surface area contributed by atoms with Crippen LogP contribution in [-0.4, -0.2) is 16.5 Å². The van der Waals surface area contributed by atoms with Gasteiger partial charge in [-0.1, -0.05) is 18.2 Å². The first-order valence-electron chi connectivity index (χ1n) is 6.14. The molecule has 1 aliphatic heterocycles. The smallest absolute Gasteiger partial charge is 0.180 e. The molecule has 94 valence electrons. The van der Waals surface area contributed by atoms with E-state index in [9.17, 15) is 0 Å². The summed E-state index contributed by atoms with van der Waals surface area (Å²) in [6, 6.07) is 12.4. The summed E-state index contributed by atoms with van der Waals surface area (Å²) in [6.45, 7) is 0. The monoisotopic (exact) mass is 268 g/mol. The van der Waals surface area contributed by atoms with Crippen LogP contribution in [0.2, 0.25) is 0 Å². The van der Waals surface area contributed by atoms with Crippen molar-refractivity contribution in [3.05, 3.63) is 48.3 Å². The molecule has 0 saturated heterocycles. The maximum atomic E-state index is 5.40. The number of hydrogen-bond acceptors (Lipinski definition) is 3. The van der Waals surface area contributed by atoms with Gasteiger partial charge in [0.2, 0.25) is 0 Å². The Bertz CT molecular complexity index is 779. The van der Waals surface area contributed by atoms with E-state index in [1.54, 1.807) is 7.11 Å². The number of rotatable bonds is 1. The van der Waals surface area contributed by atoms with E-state index in [0.29, 0.717) is 0 Å². The van der Waals surface area contributed by atoms with Gasteiger partial charge < -0.3 is 4.74 Å². The molecule has 3 nitrogen and oxygen atoms in total. The third kappa shape index (κ3) is 1.50. The van der Waals surface area contributed by atoms with Gasteiger partial charge in [-0.05, 0) is 18.2 Å². The Balaban J connectivity index is 2.07. The van der Waals surface area contributed by atoms with Crippen molar-refractivity contribution in [2.24, 2.45) is 0 Å².